The number of nitrogens with one attached hydrogen (secondary N) is 1. The summed E-state index contributed by atoms with van der Waals surface area (Å²) in [7, 11) is 0. The van der Waals surface area contributed by atoms with E-state index in [1.54, 1.807) is 0 Å². The third-order valence-electron chi connectivity index (χ3n) is 5.30. The minimum atomic E-state index is -0.641. The summed E-state index contributed by atoms with van der Waals surface area (Å²) in [6.07, 6.45) is 3.47. The molecule has 3 rings (SSSR count). The lowest BCUT2D eigenvalue weighted by Crippen LogP contribution is -2.34. The molecular weight excluding hydrogens is 324 g/mol. The highest BCUT2D eigenvalue weighted by atomic mass is 16.4. The first-order valence-corrected chi connectivity index (χ1v) is 9.55. The molecule has 4 heteroatoms. The maximum Gasteiger partial charge on any atom is 0.306 e. The summed E-state index contributed by atoms with van der Waals surface area (Å²) in [4.78, 5) is 13.3. The molecular formula is C22H28N2O2. The predicted molar refractivity (Wildman–Crippen MR) is 106 cm³/mol. The van der Waals surface area contributed by atoms with E-state index in [-0.39, 0.29) is 5.92 Å². The van der Waals surface area contributed by atoms with Crippen LogP contribution in [0.25, 0.3) is 0 Å². The normalized spacial score (nSPS) is 19.9. The molecule has 26 heavy (non-hydrogen) atoms. The molecule has 0 amide bonds. The zero-order valence-corrected chi connectivity index (χ0v) is 15.4. The second-order valence-electron chi connectivity index (χ2n) is 7.01. The van der Waals surface area contributed by atoms with Crippen LogP contribution in [0.15, 0.2) is 54.6 Å². The molecule has 0 heterocycles. The van der Waals surface area contributed by atoms with Gasteiger partial charge in [0.1, 0.15) is 0 Å². The average Bonchev–Trinajstić information content (AvgIpc) is 2.69. The number of carboxylic acids is 1. The third-order valence-corrected chi connectivity index (χ3v) is 5.30. The summed E-state index contributed by atoms with van der Waals surface area (Å²) in [5, 5.41) is 12.7. The number of carbonyl (C=O) groups is 1. The van der Waals surface area contributed by atoms with E-state index in [4.69, 9.17) is 5.11 Å². The molecule has 1 aliphatic carbocycles. The predicted octanol–water partition coefficient (Wildman–Crippen LogP) is 4.58. The number of hydrogen-bond donors (Lipinski definition) is 2. The van der Waals surface area contributed by atoms with E-state index in [0.717, 1.165) is 38.8 Å². The van der Waals surface area contributed by atoms with Gasteiger partial charge in [0.25, 0.3) is 0 Å². The first kappa shape index (κ1) is 18.5. The van der Waals surface area contributed by atoms with Gasteiger partial charge in [-0.2, -0.15) is 0 Å². The first-order valence-electron chi connectivity index (χ1n) is 9.55. The Bertz CT molecular complexity index is 692. The summed E-state index contributed by atoms with van der Waals surface area (Å²) < 4.78 is 0. The Kier molecular flexibility index (Phi) is 6.29. The smallest absolute Gasteiger partial charge is 0.306 e. The van der Waals surface area contributed by atoms with E-state index in [0.29, 0.717) is 6.04 Å². The fraction of sp³-hybridized carbons (Fsp3) is 0.409. The van der Waals surface area contributed by atoms with Crippen LogP contribution in [0.2, 0.25) is 0 Å². The van der Waals surface area contributed by atoms with Crippen LogP contribution in [0, 0.1) is 5.92 Å². The van der Waals surface area contributed by atoms with E-state index in [2.05, 4.69) is 65.7 Å². The van der Waals surface area contributed by atoms with E-state index < -0.39 is 5.97 Å². The van der Waals surface area contributed by atoms with Crippen molar-refractivity contribution in [3.63, 3.8) is 0 Å². The molecule has 0 bridgehead atoms. The van der Waals surface area contributed by atoms with Crippen LogP contribution in [0.1, 0.15) is 38.2 Å². The van der Waals surface area contributed by atoms with E-state index in [1.807, 2.05) is 6.07 Å². The standard InChI is InChI=1S/C22H28N2O2/c1-2-24(20-6-4-3-5-7-20)21-14-8-17(9-15-21)16-23-19-12-10-18(11-13-19)22(25)26/h3-9,14-15,18-19,23H,2,10-13,16H2,1H3,(H,25,26). The van der Waals surface area contributed by atoms with Crippen molar-refractivity contribution in [2.45, 2.75) is 45.2 Å². The van der Waals surface area contributed by atoms with Crippen LogP contribution in [-0.4, -0.2) is 23.7 Å². The van der Waals surface area contributed by atoms with Gasteiger partial charge >= 0.3 is 5.97 Å². The average molecular weight is 352 g/mol. The Morgan fingerprint density at radius 1 is 1.00 bits per heavy atom. The fourth-order valence-corrected chi connectivity index (χ4v) is 3.72. The Hall–Kier alpha value is -2.33. The quantitative estimate of drug-likeness (QED) is 0.766. The highest BCUT2D eigenvalue weighted by Gasteiger charge is 2.25. The first-order chi connectivity index (χ1) is 12.7. The van der Waals surface area contributed by atoms with Crippen molar-refractivity contribution in [2.75, 3.05) is 11.4 Å². The van der Waals surface area contributed by atoms with Crippen molar-refractivity contribution in [3.8, 4) is 0 Å². The molecule has 2 N–H and O–H groups in total. The lowest BCUT2D eigenvalue weighted by Gasteiger charge is -2.27. The van der Waals surface area contributed by atoms with Gasteiger partial charge in [0.05, 0.1) is 5.92 Å². The van der Waals surface area contributed by atoms with Gasteiger partial charge in [-0.3, -0.25) is 4.79 Å². The van der Waals surface area contributed by atoms with Gasteiger partial charge in [-0.25, -0.2) is 0 Å². The zero-order valence-electron chi connectivity index (χ0n) is 15.4. The van der Waals surface area contributed by atoms with Crippen molar-refractivity contribution >= 4 is 17.3 Å². The van der Waals surface area contributed by atoms with Crippen molar-refractivity contribution in [1.82, 2.24) is 5.32 Å². The topological polar surface area (TPSA) is 52.6 Å². The molecule has 0 spiro atoms. The summed E-state index contributed by atoms with van der Waals surface area (Å²) in [5.41, 5.74) is 3.67. The van der Waals surface area contributed by atoms with Crippen LogP contribution in [0.3, 0.4) is 0 Å². The summed E-state index contributed by atoms with van der Waals surface area (Å²) in [5.74, 6) is -0.789. The second kappa shape index (κ2) is 8.86. The summed E-state index contributed by atoms with van der Waals surface area (Å²) in [6.45, 7) is 3.92. The van der Waals surface area contributed by atoms with E-state index in [9.17, 15) is 4.79 Å². The van der Waals surface area contributed by atoms with Crippen LogP contribution < -0.4 is 10.2 Å². The Morgan fingerprint density at radius 2 is 1.62 bits per heavy atom. The van der Waals surface area contributed by atoms with Gasteiger partial charge in [-0.05, 0) is 62.4 Å². The number of aliphatic carboxylic acids is 1. The Morgan fingerprint density at radius 3 is 2.19 bits per heavy atom. The molecule has 0 aromatic heterocycles. The minimum Gasteiger partial charge on any atom is -0.481 e. The van der Waals surface area contributed by atoms with Gasteiger partial charge in [0, 0.05) is 30.5 Å². The fourth-order valence-electron chi connectivity index (χ4n) is 3.72. The Labute approximate surface area is 155 Å². The van der Waals surface area contributed by atoms with Crippen LogP contribution in [0.5, 0.6) is 0 Å². The molecule has 2 aromatic rings. The number of para-hydroxylation sites is 1. The number of rotatable bonds is 7. The lowest BCUT2D eigenvalue weighted by atomic mass is 9.86. The van der Waals surface area contributed by atoms with Gasteiger partial charge in [-0.15, -0.1) is 0 Å². The lowest BCUT2D eigenvalue weighted by molar-refractivity contribution is -0.142. The number of nitrogens with zero attached hydrogens (tertiary/aromatic N) is 1. The monoisotopic (exact) mass is 352 g/mol. The number of hydrogen-bond acceptors (Lipinski definition) is 3. The van der Waals surface area contributed by atoms with E-state index in [1.165, 1.54) is 16.9 Å². The molecule has 0 unspecified atom stereocenters. The summed E-state index contributed by atoms with van der Waals surface area (Å²) in [6, 6.07) is 19.6. The van der Waals surface area contributed by atoms with Gasteiger partial charge in [0.2, 0.25) is 0 Å². The number of carboxylic acid groups (broad SMARTS) is 1. The third kappa shape index (κ3) is 4.64. The van der Waals surface area contributed by atoms with Crippen LogP contribution in [0.4, 0.5) is 11.4 Å². The van der Waals surface area contributed by atoms with Crippen molar-refractivity contribution < 1.29 is 9.90 Å². The summed E-state index contributed by atoms with van der Waals surface area (Å²) >= 11 is 0. The van der Waals surface area contributed by atoms with Crippen molar-refractivity contribution in [3.05, 3.63) is 60.2 Å². The highest BCUT2D eigenvalue weighted by molar-refractivity contribution is 5.70. The van der Waals surface area contributed by atoms with Crippen molar-refractivity contribution in [1.29, 1.82) is 0 Å². The van der Waals surface area contributed by atoms with Gasteiger partial charge in [0.15, 0.2) is 0 Å². The molecule has 1 saturated carbocycles. The highest BCUT2D eigenvalue weighted by Crippen LogP contribution is 2.26. The molecule has 4 nitrogen and oxygen atoms in total. The molecule has 1 fully saturated rings. The molecule has 0 atom stereocenters. The maximum atomic E-state index is 11.0. The minimum absolute atomic E-state index is 0.148. The largest absolute Gasteiger partial charge is 0.481 e. The Balaban J connectivity index is 1.54. The molecule has 0 saturated heterocycles. The number of anilines is 2. The van der Waals surface area contributed by atoms with Gasteiger partial charge < -0.3 is 15.3 Å². The SMILES string of the molecule is CCN(c1ccccc1)c1ccc(CNC2CCC(C(=O)O)CC2)cc1. The molecule has 1 aliphatic rings. The maximum absolute atomic E-state index is 11.0. The van der Waals surface area contributed by atoms with Crippen molar-refractivity contribution in [2.24, 2.45) is 5.92 Å². The molecule has 2 aromatic carbocycles. The number of benzene rings is 2. The second-order valence-corrected chi connectivity index (χ2v) is 7.01. The van der Waals surface area contributed by atoms with E-state index >= 15 is 0 Å². The van der Waals surface area contributed by atoms with Crippen LogP contribution in [-0.2, 0) is 11.3 Å². The molecule has 138 valence electrons. The van der Waals surface area contributed by atoms with Gasteiger partial charge in [-0.1, -0.05) is 30.3 Å². The molecule has 0 radical (unpaired) electrons. The zero-order chi connectivity index (χ0) is 18.4. The molecule has 0 aliphatic heterocycles. The van der Waals surface area contributed by atoms with Crippen LogP contribution >= 0.6 is 0 Å².